The first kappa shape index (κ1) is 13.5. The first-order chi connectivity index (χ1) is 7.63. The van der Waals surface area contributed by atoms with E-state index in [0.29, 0.717) is 17.3 Å². The third-order valence-corrected chi connectivity index (χ3v) is 2.76. The minimum Gasteiger partial charge on any atom is -0.324 e. The number of benzene rings is 1. The highest BCUT2D eigenvalue weighted by molar-refractivity contribution is 14.1. The van der Waals surface area contributed by atoms with Gasteiger partial charge in [0.2, 0.25) is 5.91 Å². The second-order valence-corrected chi connectivity index (χ2v) is 4.74. The zero-order valence-corrected chi connectivity index (χ0v) is 11.5. The molecule has 5 heteroatoms. The van der Waals surface area contributed by atoms with Crippen LogP contribution in [0.1, 0.15) is 0 Å². The molecule has 0 aromatic heterocycles. The highest BCUT2D eigenvalue weighted by Crippen LogP contribution is 2.23. The molecule has 0 aliphatic carbocycles. The highest BCUT2D eigenvalue weighted by Gasteiger charge is 2.05. The number of amides is 1. The van der Waals surface area contributed by atoms with Gasteiger partial charge < -0.3 is 10.6 Å². The van der Waals surface area contributed by atoms with Gasteiger partial charge in [0.25, 0.3) is 0 Å². The number of carbonyl (C=O) groups excluding carboxylic acids is 1. The summed E-state index contributed by atoms with van der Waals surface area (Å²) in [5.41, 5.74) is 0.632. The Bertz CT molecular complexity index is 396. The van der Waals surface area contributed by atoms with E-state index in [1.165, 1.54) is 0 Å². The van der Waals surface area contributed by atoms with Gasteiger partial charge in [0, 0.05) is 10.1 Å². The first-order valence-corrected chi connectivity index (χ1v) is 6.15. The summed E-state index contributed by atoms with van der Waals surface area (Å²) in [6, 6.07) is 5.48. The molecule has 0 spiro atoms. The molecule has 0 bridgehead atoms. The minimum atomic E-state index is -0.120. The maximum atomic E-state index is 11.5. The molecule has 1 aromatic rings. The largest absolute Gasteiger partial charge is 0.324 e. The number of carbonyl (C=O) groups is 1. The van der Waals surface area contributed by atoms with Gasteiger partial charge in [-0.25, -0.2) is 0 Å². The lowest BCUT2D eigenvalue weighted by molar-refractivity contribution is -0.115. The monoisotopic (exact) mass is 350 g/mol. The Balaban J connectivity index is 2.52. The Morgan fingerprint density at radius 2 is 2.31 bits per heavy atom. The van der Waals surface area contributed by atoms with Gasteiger partial charge in [-0.3, -0.25) is 4.79 Å². The number of nitrogens with one attached hydrogen (secondary N) is 2. The molecule has 1 amide bonds. The highest BCUT2D eigenvalue weighted by atomic mass is 127. The molecule has 0 unspecified atom stereocenters. The standard InChI is InChI=1S/C11H12ClIN2O/c1-2-5-14-7-11(16)15-10-4-3-8(13)6-9(10)12/h2-4,6,14H,1,5,7H2,(H,15,16). The molecule has 0 aliphatic rings. The molecule has 0 saturated heterocycles. The summed E-state index contributed by atoms with van der Waals surface area (Å²) < 4.78 is 1.03. The van der Waals surface area contributed by atoms with Crippen molar-refractivity contribution in [1.82, 2.24) is 5.32 Å². The van der Waals surface area contributed by atoms with Crippen LogP contribution in [0, 0.1) is 3.57 Å². The van der Waals surface area contributed by atoms with Crippen LogP contribution in [0.5, 0.6) is 0 Å². The number of rotatable bonds is 5. The number of hydrogen-bond donors (Lipinski definition) is 2. The fourth-order valence-corrected chi connectivity index (χ4v) is 1.98. The predicted molar refractivity (Wildman–Crippen MR) is 75.9 cm³/mol. The molecule has 86 valence electrons. The molecule has 1 aromatic carbocycles. The van der Waals surface area contributed by atoms with Gasteiger partial charge in [0.1, 0.15) is 0 Å². The molecular formula is C11H12ClIN2O. The van der Waals surface area contributed by atoms with Gasteiger partial charge >= 0.3 is 0 Å². The fourth-order valence-electron chi connectivity index (χ4n) is 1.07. The van der Waals surface area contributed by atoms with E-state index in [1.807, 2.05) is 6.07 Å². The van der Waals surface area contributed by atoms with Crippen LogP contribution in [0.3, 0.4) is 0 Å². The Morgan fingerprint density at radius 1 is 1.56 bits per heavy atom. The van der Waals surface area contributed by atoms with Crippen LogP contribution in [0.2, 0.25) is 5.02 Å². The quantitative estimate of drug-likeness (QED) is 0.487. The molecule has 3 nitrogen and oxygen atoms in total. The van der Waals surface area contributed by atoms with Crippen molar-refractivity contribution in [3.05, 3.63) is 39.4 Å². The maximum absolute atomic E-state index is 11.5. The van der Waals surface area contributed by atoms with Crippen molar-refractivity contribution in [3.8, 4) is 0 Å². The molecule has 0 aliphatic heterocycles. The number of halogens is 2. The second-order valence-electron chi connectivity index (χ2n) is 3.09. The van der Waals surface area contributed by atoms with Crippen molar-refractivity contribution in [2.75, 3.05) is 18.4 Å². The van der Waals surface area contributed by atoms with E-state index in [2.05, 4.69) is 39.8 Å². The zero-order valence-electron chi connectivity index (χ0n) is 8.59. The summed E-state index contributed by atoms with van der Waals surface area (Å²) in [4.78, 5) is 11.5. The summed E-state index contributed by atoms with van der Waals surface area (Å²) in [7, 11) is 0. The van der Waals surface area contributed by atoms with Crippen LogP contribution in [-0.4, -0.2) is 19.0 Å². The van der Waals surface area contributed by atoms with Crippen molar-refractivity contribution in [3.63, 3.8) is 0 Å². The van der Waals surface area contributed by atoms with E-state index in [0.717, 1.165) is 3.57 Å². The van der Waals surface area contributed by atoms with E-state index < -0.39 is 0 Å². The van der Waals surface area contributed by atoms with Gasteiger partial charge in [-0.05, 0) is 40.8 Å². The summed E-state index contributed by atoms with van der Waals surface area (Å²) in [6.45, 7) is 4.40. The molecule has 0 radical (unpaired) electrons. The van der Waals surface area contributed by atoms with Gasteiger partial charge in [-0.15, -0.1) is 6.58 Å². The average molecular weight is 351 g/mol. The number of hydrogen-bond acceptors (Lipinski definition) is 2. The zero-order chi connectivity index (χ0) is 12.0. The normalized spacial score (nSPS) is 9.88. The van der Waals surface area contributed by atoms with Crippen LogP contribution in [0.4, 0.5) is 5.69 Å². The molecular weight excluding hydrogens is 338 g/mol. The Kier molecular flexibility index (Phi) is 5.79. The lowest BCUT2D eigenvalue weighted by atomic mass is 10.3. The fraction of sp³-hybridized carbons (Fsp3) is 0.182. The third-order valence-electron chi connectivity index (χ3n) is 1.78. The van der Waals surface area contributed by atoms with Crippen LogP contribution < -0.4 is 10.6 Å². The van der Waals surface area contributed by atoms with Crippen LogP contribution in [-0.2, 0) is 4.79 Å². The molecule has 0 atom stereocenters. The van der Waals surface area contributed by atoms with Gasteiger partial charge in [-0.2, -0.15) is 0 Å². The number of anilines is 1. The van der Waals surface area contributed by atoms with E-state index in [1.54, 1.807) is 18.2 Å². The summed E-state index contributed by atoms with van der Waals surface area (Å²) >= 11 is 8.14. The smallest absolute Gasteiger partial charge is 0.238 e. The maximum Gasteiger partial charge on any atom is 0.238 e. The first-order valence-electron chi connectivity index (χ1n) is 4.70. The van der Waals surface area contributed by atoms with Crippen LogP contribution in [0.25, 0.3) is 0 Å². The Labute approximate surface area is 113 Å². The molecule has 0 heterocycles. The SMILES string of the molecule is C=CCNCC(=O)Nc1ccc(I)cc1Cl. The van der Waals surface area contributed by atoms with E-state index in [9.17, 15) is 4.79 Å². The average Bonchev–Trinajstić information content (AvgIpc) is 2.23. The summed E-state index contributed by atoms with van der Waals surface area (Å²) in [5.74, 6) is -0.120. The summed E-state index contributed by atoms with van der Waals surface area (Å²) in [6.07, 6.45) is 1.70. The van der Waals surface area contributed by atoms with Crippen molar-refractivity contribution in [1.29, 1.82) is 0 Å². The van der Waals surface area contributed by atoms with E-state index in [-0.39, 0.29) is 12.5 Å². The molecule has 2 N–H and O–H groups in total. The van der Waals surface area contributed by atoms with Crippen molar-refractivity contribution in [2.24, 2.45) is 0 Å². The lowest BCUT2D eigenvalue weighted by Gasteiger charge is -2.07. The summed E-state index contributed by atoms with van der Waals surface area (Å²) in [5, 5.41) is 6.18. The topological polar surface area (TPSA) is 41.1 Å². The van der Waals surface area contributed by atoms with Gasteiger partial charge in [-0.1, -0.05) is 17.7 Å². The third kappa shape index (κ3) is 4.51. The minimum absolute atomic E-state index is 0.120. The van der Waals surface area contributed by atoms with Gasteiger partial charge in [0.05, 0.1) is 17.3 Å². The van der Waals surface area contributed by atoms with E-state index >= 15 is 0 Å². The van der Waals surface area contributed by atoms with E-state index in [4.69, 9.17) is 11.6 Å². The second kappa shape index (κ2) is 6.88. The van der Waals surface area contributed by atoms with Crippen molar-refractivity contribution in [2.45, 2.75) is 0 Å². The van der Waals surface area contributed by atoms with Crippen molar-refractivity contribution < 1.29 is 4.79 Å². The molecule has 0 fully saturated rings. The Morgan fingerprint density at radius 3 is 2.94 bits per heavy atom. The van der Waals surface area contributed by atoms with Crippen LogP contribution in [0.15, 0.2) is 30.9 Å². The Hall–Kier alpha value is -0.590. The van der Waals surface area contributed by atoms with Crippen LogP contribution >= 0.6 is 34.2 Å². The van der Waals surface area contributed by atoms with Crippen molar-refractivity contribution >= 4 is 45.8 Å². The molecule has 16 heavy (non-hydrogen) atoms. The van der Waals surface area contributed by atoms with Gasteiger partial charge in [0.15, 0.2) is 0 Å². The predicted octanol–water partition coefficient (Wildman–Crippen LogP) is 2.66. The lowest BCUT2D eigenvalue weighted by Crippen LogP contribution is -2.28. The molecule has 1 rings (SSSR count). The molecule has 0 saturated carbocycles.